The Balaban J connectivity index is 1.42. The molecule has 0 spiro atoms. The number of thiocarbonyl (C=S) groups is 1. The molecule has 162 valence electrons. The van der Waals surface area contributed by atoms with Crippen molar-refractivity contribution < 1.29 is 9.47 Å². The summed E-state index contributed by atoms with van der Waals surface area (Å²) in [4.78, 5) is 13.4. The van der Waals surface area contributed by atoms with Crippen LogP contribution in [0.15, 0.2) is 42.7 Å². The van der Waals surface area contributed by atoms with Crippen molar-refractivity contribution in [3.05, 3.63) is 53.3 Å². The van der Waals surface area contributed by atoms with Crippen LogP contribution in [0.4, 0.5) is 5.82 Å². The second-order valence-corrected chi connectivity index (χ2v) is 8.00. The highest BCUT2D eigenvalue weighted by atomic mass is 35.5. The Morgan fingerprint density at radius 1 is 1.03 bits per heavy atom. The van der Waals surface area contributed by atoms with Crippen LogP contribution in [0.2, 0.25) is 5.02 Å². The molecule has 7 nitrogen and oxygen atoms in total. The molecule has 0 bridgehead atoms. The zero-order valence-corrected chi connectivity index (χ0v) is 19.0. The number of hydrogen-bond donors (Lipinski definition) is 1. The van der Waals surface area contributed by atoms with E-state index in [4.69, 9.17) is 33.3 Å². The minimum Gasteiger partial charge on any atom is -0.493 e. The van der Waals surface area contributed by atoms with Gasteiger partial charge >= 0.3 is 0 Å². The van der Waals surface area contributed by atoms with E-state index in [1.165, 1.54) is 0 Å². The van der Waals surface area contributed by atoms with E-state index in [1.807, 2.05) is 36.4 Å². The molecule has 2 heterocycles. The molecule has 9 heteroatoms. The lowest BCUT2D eigenvalue weighted by Gasteiger charge is -2.37. The van der Waals surface area contributed by atoms with E-state index in [0.29, 0.717) is 18.0 Å². The van der Waals surface area contributed by atoms with Crippen LogP contribution < -0.4 is 19.7 Å². The standard InChI is InChI=1S/C22H24ClN5O2S/c1-29-19-11-17-18(12-20(19)30-2)25-14-26-21(17)27-7-9-28(10-8-27)22(31)24-13-15-3-5-16(23)6-4-15/h3-6,11-12,14H,7-10,13H2,1-2H3,(H,24,31). The number of nitrogens with one attached hydrogen (secondary N) is 1. The molecule has 2 aromatic carbocycles. The van der Waals surface area contributed by atoms with Gasteiger partial charge in [-0.2, -0.15) is 0 Å². The van der Waals surface area contributed by atoms with E-state index < -0.39 is 0 Å². The van der Waals surface area contributed by atoms with Gasteiger partial charge in [-0.1, -0.05) is 23.7 Å². The maximum absolute atomic E-state index is 5.95. The van der Waals surface area contributed by atoms with E-state index in [1.54, 1.807) is 20.5 Å². The molecule has 1 aliphatic rings. The fourth-order valence-corrected chi connectivity index (χ4v) is 4.02. The van der Waals surface area contributed by atoms with Crippen LogP contribution in [0.5, 0.6) is 11.5 Å². The quantitative estimate of drug-likeness (QED) is 0.584. The number of benzene rings is 2. The maximum atomic E-state index is 5.95. The third kappa shape index (κ3) is 4.75. The van der Waals surface area contributed by atoms with Crippen LogP contribution in [0, 0.1) is 0 Å². The molecule has 31 heavy (non-hydrogen) atoms. The molecular formula is C22H24ClN5O2S. The number of halogens is 1. The average Bonchev–Trinajstić information content (AvgIpc) is 2.82. The number of anilines is 1. The lowest BCUT2D eigenvalue weighted by molar-refractivity contribution is 0.355. The number of methoxy groups -OCH3 is 2. The van der Waals surface area contributed by atoms with Crippen LogP contribution >= 0.6 is 23.8 Å². The summed E-state index contributed by atoms with van der Waals surface area (Å²) in [7, 11) is 3.25. The number of fused-ring (bicyclic) bond motifs is 1. The summed E-state index contributed by atoms with van der Waals surface area (Å²) in [5, 5.41) is 5.77. The molecule has 1 fully saturated rings. The molecule has 1 saturated heterocycles. The van der Waals surface area contributed by atoms with Gasteiger partial charge in [0.15, 0.2) is 16.6 Å². The van der Waals surface area contributed by atoms with E-state index in [-0.39, 0.29) is 0 Å². The van der Waals surface area contributed by atoms with Crippen LogP contribution in [-0.2, 0) is 6.54 Å². The molecule has 0 radical (unpaired) electrons. The Kier molecular flexibility index (Phi) is 6.58. The highest BCUT2D eigenvalue weighted by Gasteiger charge is 2.22. The summed E-state index contributed by atoms with van der Waals surface area (Å²) in [6.07, 6.45) is 1.59. The average molecular weight is 458 g/mol. The molecule has 1 aliphatic heterocycles. The molecule has 4 rings (SSSR count). The van der Waals surface area contributed by atoms with Gasteiger partial charge in [0.05, 0.1) is 19.7 Å². The molecule has 1 N–H and O–H groups in total. The van der Waals surface area contributed by atoms with E-state index >= 15 is 0 Å². The van der Waals surface area contributed by atoms with Gasteiger partial charge in [-0.25, -0.2) is 9.97 Å². The van der Waals surface area contributed by atoms with E-state index in [2.05, 4.69) is 25.1 Å². The molecule has 0 amide bonds. The van der Waals surface area contributed by atoms with Gasteiger partial charge < -0.3 is 24.6 Å². The highest BCUT2D eigenvalue weighted by Crippen LogP contribution is 2.34. The number of rotatable bonds is 5. The number of hydrogen-bond acceptors (Lipinski definition) is 6. The van der Waals surface area contributed by atoms with Crippen molar-refractivity contribution in [1.29, 1.82) is 0 Å². The lowest BCUT2D eigenvalue weighted by Crippen LogP contribution is -2.51. The second-order valence-electron chi connectivity index (χ2n) is 7.18. The summed E-state index contributed by atoms with van der Waals surface area (Å²) in [5.41, 5.74) is 1.97. The van der Waals surface area contributed by atoms with Crippen LogP contribution in [-0.4, -0.2) is 60.4 Å². The molecule has 0 aliphatic carbocycles. The van der Waals surface area contributed by atoms with Gasteiger partial charge in [-0.3, -0.25) is 0 Å². The summed E-state index contributed by atoms with van der Waals surface area (Å²) >= 11 is 11.6. The van der Waals surface area contributed by atoms with Gasteiger partial charge in [-0.15, -0.1) is 0 Å². The summed E-state index contributed by atoms with van der Waals surface area (Å²) in [6.45, 7) is 3.91. The van der Waals surface area contributed by atoms with Crippen molar-refractivity contribution in [2.75, 3.05) is 45.3 Å². The topological polar surface area (TPSA) is 62.8 Å². The predicted octanol–water partition coefficient (Wildman–Crippen LogP) is 3.50. The monoisotopic (exact) mass is 457 g/mol. The zero-order chi connectivity index (χ0) is 21.8. The first-order chi connectivity index (χ1) is 15.1. The summed E-state index contributed by atoms with van der Waals surface area (Å²) in [6, 6.07) is 11.6. The minimum absolute atomic E-state index is 0.654. The molecule has 3 aromatic rings. The third-order valence-electron chi connectivity index (χ3n) is 5.34. The first-order valence-electron chi connectivity index (χ1n) is 9.98. The molecule has 0 saturated carbocycles. The van der Waals surface area contributed by atoms with Gasteiger partial charge in [0.25, 0.3) is 0 Å². The van der Waals surface area contributed by atoms with E-state index in [9.17, 15) is 0 Å². The predicted molar refractivity (Wildman–Crippen MR) is 127 cm³/mol. The van der Waals surface area contributed by atoms with Crippen LogP contribution in [0.1, 0.15) is 5.56 Å². The molecule has 0 unspecified atom stereocenters. The summed E-state index contributed by atoms with van der Waals surface area (Å²) in [5.74, 6) is 2.21. The first-order valence-corrected chi connectivity index (χ1v) is 10.8. The Morgan fingerprint density at radius 2 is 1.71 bits per heavy atom. The number of piperazine rings is 1. The molecular weight excluding hydrogens is 434 g/mol. The smallest absolute Gasteiger partial charge is 0.169 e. The Bertz CT molecular complexity index is 1070. The van der Waals surface area contributed by atoms with Gasteiger partial charge in [0, 0.05) is 49.2 Å². The largest absolute Gasteiger partial charge is 0.493 e. The molecule has 1 aromatic heterocycles. The Morgan fingerprint density at radius 3 is 2.39 bits per heavy atom. The first kappa shape index (κ1) is 21.4. The van der Waals surface area contributed by atoms with Gasteiger partial charge in [0.2, 0.25) is 0 Å². The Labute approximate surface area is 191 Å². The van der Waals surface area contributed by atoms with Crippen molar-refractivity contribution in [2.24, 2.45) is 0 Å². The lowest BCUT2D eigenvalue weighted by atomic mass is 10.2. The summed E-state index contributed by atoms with van der Waals surface area (Å²) < 4.78 is 10.9. The SMILES string of the molecule is COc1cc2ncnc(N3CCN(C(=S)NCc4ccc(Cl)cc4)CC3)c2cc1OC. The van der Waals surface area contributed by atoms with E-state index in [0.717, 1.165) is 58.6 Å². The fraction of sp³-hybridized carbons (Fsp3) is 0.318. The van der Waals surface area contributed by atoms with Crippen molar-refractivity contribution in [1.82, 2.24) is 20.2 Å². The van der Waals surface area contributed by atoms with Crippen LogP contribution in [0.3, 0.4) is 0 Å². The normalized spacial score (nSPS) is 13.9. The van der Waals surface area contributed by atoms with Gasteiger partial charge in [0.1, 0.15) is 12.1 Å². The number of ether oxygens (including phenoxy) is 2. The van der Waals surface area contributed by atoms with Crippen molar-refractivity contribution in [2.45, 2.75) is 6.54 Å². The highest BCUT2D eigenvalue weighted by molar-refractivity contribution is 7.80. The maximum Gasteiger partial charge on any atom is 0.169 e. The minimum atomic E-state index is 0.654. The van der Waals surface area contributed by atoms with Crippen molar-refractivity contribution in [3.63, 3.8) is 0 Å². The second kappa shape index (κ2) is 9.53. The number of aromatic nitrogens is 2. The van der Waals surface area contributed by atoms with Gasteiger partial charge in [-0.05, 0) is 36.0 Å². The zero-order valence-electron chi connectivity index (χ0n) is 17.5. The number of nitrogens with zero attached hydrogens (tertiary/aromatic N) is 4. The fourth-order valence-electron chi connectivity index (χ4n) is 3.63. The van der Waals surface area contributed by atoms with Crippen LogP contribution in [0.25, 0.3) is 10.9 Å². The Hall–Kier alpha value is -2.84. The third-order valence-corrected chi connectivity index (χ3v) is 6.00. The van der Waals surface area contributed by atoms with Crippen molar-refractivity contribution >= 4 is 45.7 Å². The molecule has 0 atom stereocenters. The van der Waals surface area contributed by atoms with Crippen molar-refractivity contribution in [3.8, 4) is 11.5 Å².